The Kier molecular flexibility index (Phi) is 2.48. The Morgan fingerprint density at radius 2 is 2.19 bits per heavy atom. The van der Waals surface area contributed by atoms with E-state index in [9.17, 15) is 9.59 Å². The molecule has 1 heterocycles. The number of benzene rings is 1. The van der Waals surface area contributed by atoms with Crippen LogP contribution in [0, 0.1) is 0 Å². The summed E-state index contributed by atoms with van der Waals surface area (Å²) < 4.78 is 0. The number of primary amides is 1. The molecule has 1 aliphatic rings. The Balaban J connectivity index is 2.39. The van der Waals surface area contributed by atoms with Crippen LogP contribution in [0.25, 0.3) is 0 Å². The minimum Gasteiger partial charge on any atom is -0.366 e. The van der Waals surface area contributed by atoms with Crippen LogP contribution in [0.1, 0.15) is 15.9 Å². The fraction of sp³-hybridized carbons (Fsp3) is 0.167. The lowest BCUT2D eigenvalue weighted by molar-refractivity contribution is -0.114. The summed E-state index contributed by atoms with van der Waals surface area (Å²) in [5.74, 6) is -0.568. The molecule has 0 radical (unpaired) electrons. The molecule has 4 nitrogen and oxygen atoms in total. The van der Waals surface area contributed by atoms with Gasteiger partial charge in [-0.15, -0.1) is 0 Å². The van der Waals surface area contributed by atoms with Crippen molar-refractivity contribution in [1.29, 1.82) is 0 Å². The molecule has 2 amide bonds. The van der Waals surface area contributed by atoms with E-state index in [4.69, 9.17) is 5.73 Å². The number of carbonyl (C=O) groups is 2. The first kappa shape index (κ1) is 10.4. The van der Waals surface area contributed by atoms with Crippen molar-refractivity contribution in [3.8, 4) is 0 Å². The number of hydrogen-bond donors (Lipinski definition) is 1. The van der Waals surface area contributed by atoms with E-state index in [0.29, 0.717) is 12.1 Å². The highest BCUT2D eigenvalue weighted by atomic mass is 16.2. The summed E-state index contributed by atoms with van der Waals surface area (Å²) in [5, 5.41) is 0. The van der Waals surface area contributed by atoms with Crippen LogP contribution >= 0.6 is 0 Å². The lowest BCUT2D eigenvalue weighted by atomic mass is 10.1. The number of rotatable bonds is 2. The maximum absolute atomic E-state index is 11.5. The largest absolute Gasteiger partial charge is 0.366 e. The highest BCUT2D eigenvalue weighted by molar-refractivity contribution is 6.03. The summed E-state index contributed by atoms with van der Waals surface area (Å²) >= 11 is 0. The van der Waals surface area contributed by atoms with Crippen molar-refractivity contribution < 1.29 is 9.59 Å². The van der Waals surface area contributed by atoms with Gasteiger partial charge in [0.15, 0.2) is 0 Å². The molecule has 0 aliphatic carbocycles. The van der Waals surface area contributed by atoms with Gasteiger partial charge in [-0.3, -0.25) is 9.59 Å². The van der Waals surface area contributed by atoms with Crippen LogP contribution in [0.4, 0.5) is 5.69 Å². The number of amides is 2. The van der Waals surface area contributed by atoms with Crippen molar-refractivity contribution in [2.24, 2.45) is 5.73 Å². The van der Waals surface area contributed by atoms with Gasteiger partial charge in [0.05, 0.1) is 0 Å². The maximum atomic E-state index is 11.5. The monoisotopic (exact) mass is 216 g/mol. The van der Waals surface area contributed by atoms with Gasteiger partial charge in [-0.05, 0) is 36.3 Å². The minimum absolute atomic E-state index is 0.120. The molecule has 16 heavy (non-hydrogen) atoms. The molecule has 82 valence electrons. The van der Waals surface area contributed by atoms with Gasteiger partial charge in [-0.2, -0.15) is 0 Å². The molecule has 0 saturated carbocycles. The van der Waals surface area contributed by atoms with Gasteiger partial charge in [0, 0.05) is 17.8 Å². The molecule has 2 N–H and O–H groups in total. The summed E-state index contributed by atoms with van der Waals surface area (Å²) in [6.45, 7) is 4.09. The van der Waals surface area contributed by atoms with Crippen LogP contribution < -0.4 is 10.6 Å². The average Bonchev–Trinajstić information content (AvgIpc) is 2.70. The van der Waals surface area contributed by atoms with Gasteiger partial charge in [0.2, 0.25) is 11.8 Å². The fourth-order valence-electron chi connectivity index (χ4n) is 1.89. The smallest absolute Gasteiger partial charge is 0.250 e. The van der Waals surface area contributed by atoms with Crippen LogP contribution in [-0.4, -0.2) is 18.4 Å². The second-order valence-electron chi connectivity index (χ2n) is 3.65. The summed E-state index contributed by atoms with van der Waals surface area (Å²) in [6, 6.07) is 5.13. The number of nitrogens with two attached hydrogens (primary N) is 1. The molecule has 2 rings (SSSR count). The van der Waals surface area contributed by atoms with E-state index < -0.39 is 5.91 Å². The third-order valence-corrected chi connectivity index (χ3v) is 2.70. The molecule has 0 fully saturated rings. The van der Waals surface area contributed by atoms with E-state index in [-0.39, 0.29) is 5.91 Å². The first-order chi connectivity index (χ1) is 7.63. The molecule has 1 aromatic carbocycles. The highest BCUT2D eigenvalue weighted by Crippen LogP contribution is 2.28. The lowest BCUT2D eigenvalue weighted by Crippen LogP contribution is -2.26. The van der Waals surface area contributed by atoms with Crippen molar-refractivity contribution in [2.75, 3.05) is 11.4 Å². The SMILES string of the molecule is C=CC(=O)N1CCc2cc(C(N)=O)ccc21. The maximum Gasteiger partial charge on any atom is 0.250 e. The van der Waals surface area contributed by atoms with Gasteiger partial charge in [-0.25, -0.2) is 0 Å². The van der Waals surface area contributed by atoms with Crippen molar-refractivity contribution in [1.82, 2.24) is 0 Å². The summed E-state index contributed by atoms with van der Waals surface area (Å²) in [6.07, 6.45) is 2.03. The van der Waals surface area contributed by atoms with Gasteiger partial charge in [0.1, 0.15) is 0 Å². The van der Waals surface area contributed by atoms with E-state index in [0.717, 1.165) is 17.7 Å². The molecule has 0 aromatic heterocycles. The molecule has 0 bridgehead atoms. The molecule has 4 heteroatoms. The second kappa shape index (κ2) is 3.81. The summed E-state index contributed by atoms with van der Waals surface area (Å²) in [4.78, 5) is 24.2. The topological polar surface area (TPSA) is 63.4 Å². The molecule has 1 aliphatic heterocycles. The Bertz CT molecular complexity index is 480. The van der Waals surface area contributed by atoms with Gasteiger partial charge < -0.3 is 10.6 Å². The van der Waals surface area contributed by atoms with E-state index >= 15 is 0 Å². The van der Waals surface area contributed by atoms with Gasteiger partial charge >= 0.3 is 0 Å². The standard InChI is InChI=1S/C12H12N2O2/c1-2-11(15)14-6-5-8-7-9(12(13)16)3-4-10(8)14/h2-4,7H,1,5-6H2,(H2,13,16). The summed E-state index contributed by atoms with van der Waals surface area (Å²) in [7, 11) is 0. The third-order valence-electron chi connectivity index (χ3n) is 2.70. The Morgan fingerprint density at radius 1 is 1.44 bits per heavy atom. The van der Waals surface area contributed by atoms with Crippen molar-refractivity contribution in [3.63, 3.8) is 0 Å². The van der Waals surface area contributed by atoms with E-state index in [2.05, 4.69) is 6.58 Å². The van der Waals surface area contributed by atoms with Crippen LogP contribution in [0.15, 0.2) is 30.9 Å². The number of fused-ring (bicyclic) bond motifs is 1. The normalized spacial score (nSPS) is 13.4. The zero-order chi connectivity index (χ0) is 11.7. The van der Waals surface area contributed by atoms with Crippen LogP contribution in [0.2, 0.25) is 0 Å². The molecular formula is C12H12N2O2. The number of nitrogens with zero attached hydrogens (tertiary/aromatic N) is 1. The minimum atomic E-state index is -0.448. The molecule has 1 aromatic rings. The molecule has 0 unspecified atom stereocenters. The van der Waals surface area contributed by atoms with Crippen molar-refractivity contribution in [2.45, 2.75) is 6.42 Å². The van der Waals surface area contributed by atoms with E-state index in [1.807, 2.05) is 0 Å². The first-order valence-corrected chi connectivity index (χ1v) is 5.00. The number of anilines is 1. The van der Waals surface area contributed by atoms with Crippen LogP contribution in [0.5, 0.6) is 0 Å². The van der Waals surface area contributed by atoms with Crippen LogP contribution in [0.3, 0.4) is 0 Å². The predicted molar refractivity (Wildman–Crippen MR) is 61.2 cm³/mol. The first-order valence-electron chi connectivity index (χ1n) is 5.00. The molecule has 0 spiro atoms. The fourth-order valence-corrected chi connectivity index (χ4v) is 1.89. The van der Waals surface area contributed by atoms with Crippen molar-refractivity contribution >= 4 is 17.5 Å². The average molecular weight is 216 g/mol. The number of hydrogen-bond acceptors (Lipinski definition) is 2. The lowest BCUT2D eigenvalue weighted by Gasteiger charge is -2.14. The predicted octanol–water partition coefficient (Wildman–Crippen LogP) is 0.861. The third kappa shape index (κ3) is 1.58. The summed E-state index contributed by atoms with van der Waals surface area (Å²) in [5.41, 5.74) is 7.49. The quantitative estimate of drug-likeness (QED) is 0.745. The molecule has 0 saturated heterocycles. The van der Waals surface area contributed by atoms with E-state index in [1.54, 1.807) is 23.1 Å². The molecule has 0 atom stereocenters. The van der Waals surface area contributed by atoms with Gasteiger partial charge in [0.25, 0.3) is 0 Å². The Morgan fingerprint density at radius 3 is 2.81 bits per heavy atom. The Labute approximate surface area is 93.3 Å². The zero-order valence-electron chi connectivity index (χ0n) is 8.77. The van der Waals surface area contributed by atoms with E-state index in [1.165, 1.54) is 6.08 Å². The van der Waals surface area contributed by atoms with Crippen LogP contribution in [-0.2, 0) is 11.2 Å². The number of carbonyl (C=O) groups excluding carboxylic acids is 2. The Hall–Kier alpha value is -2.10. The molecular weight excluding hydrogens is 204 g/mol. The highest BCUT2D eigenvalue weighted by Gasteiger charge is 2.23. The second-order valence-corrected chi connectivity index (χ2v) is 3.65. The van der Waals surface area contributed by atoms with Crippen molar-refractivity contribution in [3.05, 3.63) is 42.0 Å². The zero-order valence-corrected chi connectivity index (χ0v) is 8.77. The van der Waals surface area contributed by atoms with Gasteiger partial charge in [-0.1, -0.05) is 6.58 Å².